The van der Waals surface area contributed by atoms with Gasteiger partial charge in [-0.2, -0.15) is 18.2 Å². The normalized spacial score (nSPS) is 11.9. The van der Waals surface area contributed by atoms with Gasteiger partial charge in [0.25, 0.3) is 0 Å². The van der Waals surface area contributed by atoms with E-state index in [1.807, 2.05) is 0 Å². The van der Waals surface area contributed by atoms with Gasteiger partial charge in [-0.1, -0.05) is 23.2 Å². The van der Waals surface area contributed by atoms with Crippen LogP contribution in [0.5, 0.6) is 5.88 Å². The molecule has 0 aliphatic carbocycles. The number of nitrogens with zero attached hydrogens (tertiary/aromatic N) is 3. The Morgan fingerprint density at radius 3 is 2.41 bits per heavy atom. The number of hydrogen-bond acceptors (Lipinski definition) is 4. The Kier molecular flexibility index (Phi) is 5.42. The minimum absolute atomic E-state index is 0.0374. The highest BCUT2D eigenvalue weighted by molar-refractivity contribution is 9.10. The van der Waals surface area contributed by atoms with Gasteiger partial charge in [0.1, 0.15) is 11.3 Å². The molecule has 0 aliphatic heterocycles. The van der Waals surface area contributed by atoms with Crippen molar-refractivity contribution in [2.75, 3.05) is 11.9 Å². The standard InChI is InChI=1S/C15H9BrCl2F4N4O/c1-26-12-10(4-7(16)13(25-12)27-5-15(20,21)22)23-14(26)24-11-8(17)2-6(19)3-9(11)18/h2-4H,5H2,1H3,(H,23,24). The van der Waals surface area contributed by atoms with Gasteiger partial charge in [-0.25, -0.2) is 9.37 Å². The first-order chi connectivity index (χ1) is 12.5. The van der Waals surface area contributed by atoms with E-state index in [4.69, 9.17) is 27.9 Å². The topological polar surface area (TPSA) is 52.0 Å². The highest BCUT2D eigenvalue weighted by Gasteiger charge is 2.29. The lowest BCUT2D eigenvalue weighted by molar-refractivity contribution is -0.154. The number of pyridine rings is 1. The molecule has 3 rings (SSSR count). The number of aryl methyl sites for hydroxylation is 1. The van der Waals surface area contributed by atoms with E-state index in [0.717, 1.165) is 12.1 Å². The zero-order valence-electron chi connectivity index (χ0n) is 13.3. The molecule has 0 unspecified atom stereocenters. The smallest absolute Gasteiger partial charge is 0.422 e. The number of anilines is 2. The van der Waals surface area contributed by atoms with Crippen molar-refractivity contribution < 1.29 is 22.3 Å². The molecule has 1 N–H and O–H groups in total. The van der Waals surface area contributed by atoms with Crippen LogP contribution in [0.25, 0.3) is 11.2 Å². The Morgan fingerprint density at radius 2 is 1.81 bits per heavy atom. The molecule has 0 radical (unpaired) electrons. The number of imidazole rings is 1. The first-order valence-corrected chi connectivity index (χ1v) is 8.74. The Bertz CT molecular complexity index is 1000. The molecule has 12 heteroatoms. The molecule has 0 atom stereocenters. The molecule has 0 bridgehead atoms. The maximum absolute atomic E-state index is 13.3. The van der Waals surface area contributed by atoms with Gasteiger partial charge >= 0.3 is 6.18 Å². The van der Waals surface area contributed by atoms with Gasteiger partial charge in [-0.05, 0) is 34.1 Å². The summed E-state index contributed by atoms with van der Waals surface area (Å²) in [6, 6.07) is 3.62. The lowest BCUT2D eigenvalue weighted by Gasteiger charge is -2.11. The van der Waals surface area contributed by atoms with Crippen molar-refractivity contribution in [1.82, 2.24) is 14.5 Å². The van der Waals surface area contributed by atoms with Crippen molar-refractivity contribution in [3.8, 4) is 5.88 Å². The summed E-state index contributed by atoms with van der Waals surface area (Å²) in [4.78, 5) is 8.36. The summed E-state index contributed by atoms with van der Waals surface area (Å²) in [5, 5.41) is 2.94. The molecule has 2 heterocycles. The summed E-state index contributed by atoms with van der Waals surface area (Å²) in [7, 11) is 1.58. The lowest BCUT2D eigenvalue weighted by atomic mass is 10.3. The maximum atomic E-state index is 13.3. The third-order valence-corrected chi connectivity index (χ3v) is 4.55. The third kappa shape index (κ3) is 4.39. The molecular weight excluding hydrogens is 479 g/mol. The first kappa shape index (κ1) is 20.0. The number of rotatable bonds is 4. The number of fused-ring (bicyclic) bond motifs is 1. The van der Waals surface area contributed by atoms with Gasteiger partial charge in [-0.15, -0.1) is 0 Å². The maximum Gasteiger partial charge on any atom is 0.422 e. The van der Waals surface area contributed by atoms with Gasteiger partial charge in [0.2, 0.25) is 11.8 Å². The molecule has 0 aliphatic rings. The van der Waals surface area contributed by atoms with Crippen LogP contribution < -0.4 is 10.1 Å². The number of alkyl halides is 3. The number of benzene rings is 1. The largest absolute Gasteiger partial charge is 0.467 e. The summed E-state index contributed by atoms with van der Waals surface area (Å²) in [6.45, 7) is -1.48. The van der Waals surface area contributed by atoms with Gasteiger partial charge < -0.3 is 10.1 Å². The fourth-order valence-electron chi connectivity index (χ4n) is 2.21. The van der Waals surface area contributed by atoms with E-state index < -0.39 is 18.6 Å². The van der Waals surface area contributed by atoms with Crippen LogP contribution in [-0.4, -0.2) is 27.3 Å². The minimum Gasteiger partial charge on any atom is -0.467 e. The SMILES string of the molecule is Cn1c(Nc2c(Cl)cc(F)cc2Cl)nc2cc(Br)c(OCC(F)(F)F)nc21. The highest BCUT2D eigenvalue weighted by atomic mass is 79.9. The molecule has 2 aromatic heterocycles. The van der Waals surface area contributed by atoms with Crippen LogP contribution in [0.15, 0.2) is 22.7 Å². The molecule has 0 fully saturated rings. The van der Waals surface area contributed by atoms with Crippen LogP contribution in [0.4, 0.5) is 29.2 Å². The monoisotopic (exact) mass is 486 g/mol. The summed E-state index contributed by atoms with van der Waals surface area (Å²) in [6.07, 6.45) is -4.49. The minimum atomic E-state index is -4.49. The van der Waals surface area contributed by atoms with Crippen LogP contribution in [0.3, 0.4) is 0 Å². The molecule has 144 valence electrons. The van der Waals surface area contributed by atoms with Crippen molar-refractivity contribution in [1.29, 1.82) is 0 Å². The van der Waals surface area contributed by atoms with Crippen LogP contribution in [0.2, 0.25) is 10.0 Å². The molecule has 1 aromatic carbocycles. The second-order valence-corrected chi connectivity index (χ2v) is 7.05. The Hall–Kier alpha value is -1.78. The fraction of sp³-hybridized carbons (Fsp3) is 0.200. The van der Waals surface area contributed by atoms with Crippen LogP contribution in [0, 0.1) is 5.82 Å². The summed E-state index contributed by atoms with van der Waals surface area (Å²) >= 11 is 15.1. The zero-order valence-corrected chi connectivity index (χ0v) is 16.4. The van der Waals surface area contributed by atoms with Gasteiger partial charge in [0.05, 0.1) is 20.2 Å². The van der Waals surface area contributed by atoms with Crippen molar-refractivity contribution in [2.24, 2.45) is 7.05 Å². The van der Waals surface area contributed by atoms with Crippen LogP contribution in [-0.2, 0) is 7.05 Å². The Balaban J connectivity index is 1.98. The summed E-state index contributed by atoms with van der Waals surface area (Å²) in [5.74, 6) is -0.586. The zero-order chi connectivity index (χ0) is 19.9. The van der Waals surface area contributed by atoms with E-state index in [1.165, 1.54) is 10.6 Å². The van der Waals surface area contributed by atoms with Gasteiger partial charge in [0, 0.05) is 7.05 Å². The molecule has 0 saturated carbocycles. The Labute approximate surface area is 168 Å². The van der Waals surface area contributed by atoms with Crippen molar-refractivity contribution in [3.05, 3.63) is 38.5 Å². The molecule has 0 spiro atoms. The predicted molar refractivity (Wildman–Crippen MR) is 97.5 cm³/mol. The number of halogens is 7. The second kappa shape index (κ2) is 7.33. The van der Waals surface area contributed by atoms with Crippen LogP contribution in [0.1, 0.15) is 0 Å². The lowest BCUT2D eigenvalue weighted by Crippen LogP contribution is -2.19. The molecule has 3 aromatic rings. The van der Waals surface area contributed by atoms with Gasteiger partial charge in [0.15, 0.2) is 12.3 Å². The van der Waals surface area contributed by atoms with E-state index in [9.17, 15) is 17.6 Å². The van der Waals surface area contributed by atoms with Crippen molar-refractivity contribution in [3.63, 3.8) is 0 Å². The summed E-state index contributed by atoms with van der Waals surface area (Å²) < 4.78 is 56.8. The van der Waals surface area contributed by atoms with Crippen molar-refractivity contribution >= 4 is 61.9 Å². The van der Waals surface area contributed by atoms with E-state index >= 15 is 0 Å². The number of aromatic nitrogens is 3. The van der Waals surface area contributed by atoms with E-state index in [1.54, 1.807) is 7.05 Å². The van der Waals surface area contributed by atoms with E-state index in [-0.39, 0.29) is 37.7 Å². The molecule has 5 nitrogen and oxygen atoms in total. The average Bonchev–Trinajstić information content (AvgIpc) is 2.83. The van der Waals surface area contributed by atoms with E-state index in [0.29, 0.717) is 5.52 Å². The molecule has 27 heavy (non-hydrogen) atoms. The fourth-order valence-corrected chi connectivity index (χ4v) is 3.18. The van der Waals surface area contributed by atoms with E-state index in [2.05, 4.69) is 31.2 Å². The summed E-state index contributed by atoms with van der Waals surface area (Å²) in [5.41, 5.74) is 0.860. The second-order valence-electron chi connectivity index (χ2n) is 5.39. The average molecular weight is 488 g/mol. The van der Waals surface area contributed by atoms with Gasteiger partial charge in [-0.3, -0.25) is 4.57 Å². The highest BCUT2D eigenvalue weighted by Crippen LogP contribution is 2.35. The number of nitrogens with one attached hydrogen (secondary N) is 1. The molecular formula is C15H9BrCl2F4N4O. The quantitative estimate of drug-likeness (QED) is 0.468. The number of hydrogen-bond donors (Lipinski definition) is 1. The third-order valence-electron chi connectivity index (χ3n) is 3.38. The molecule has 0 saturated heterocycles. The number of ether oxygens (including phenoxy) is 1. The first-order valence-electron chi connectivity index (χ1n) is 7.19. The van der Waals surface area contributed by atoms with Crippen LogP contribution >= 0.6 is 39.1 Å². The Morgan fingerprint density at radius 1 is 1.19 bits per heavy atom. The van der Waals surface area contributed by atoms with Crippen molar-refractivity contribution in [2.45, 2.75) is 6.18 Å². The molecule has 0 amide bonds. The predicted octanol–water partition coefficient (Wildman–Crippen LogP) is 5.86.